The maximum absolute atomic E-state index is 12.1. The number of carbonyl (C=O) groups is 4. The Morgan fingerprint density at radius 3 is 2.48 bits per heavy atom. The van der Waals surface area contributed by atoms with Gasteiger partial charge in [0, 0.05) is 6.54 Å². The van der Waals surface area contributed by atoms with Crippen LogP contribution < -0.4 is 27.4 Å². The summed E-state index contributed by atoms with van der Waals surface area (Å²) in [4.78, 5) is 50.1. The molecule has 3 amide bonds. The Kier molecular flexibility index (Phi) is 6.77. The van der Waals surface area contributed by atoms with E-state index in [1.165, 1.54) is 0 Å². The van der Waals surface area contributed by atoms with Gasteiger partial charge in [-0.05, 0) is 12.8 Å². The molecule has 8 N–H and O–H groups in total. The summed E-state index contributed by atoms with van der Waals surface area (Å²) in [6.07, 6.45) is 0.0794. The molecular formula is C12H20N6O5. The molecule has 1 aliphatic heterocycles. The van der Waals surface area contributed by atoms with Crippen LogP contribution in [-0.2, 0) is 19.2 Å². The summed E-state index contributed by atoms with van der Waals surface area (Å²) < 4.78 is 0. The van der Waals surface area contributed by atoms with E-state index in [1.807, 2.05) is 0 Å². The van der Waals surface area contributed by atoms with E-state index in [0.717, 1.165) is 0 Å². The molecule has 2 atom stereocenters. The van der Waals surface area contributed by atoms with Gasteiger partial charge in [0.2, 0.25) is 17.7 Å². The Morgan fingerprint density at radius 1 is 1.17 bits per heavy atom. The third-order valence-corrected chi connectivity index (χ3v) is 3.03. The summed E-state index contributed by atoms with van der Waals surface area (Å²) >= 11 is 0. The maximum Gasteiger partial charge on any atom is 0.305 e. The van der Waals surface area contributed by atoms with Gasteiger partial charge in [0.1, 0.15) is 12.1 Å². The van der Waals surface area contributed by atoms with Crippen molar-refractivity contribution in [2.24, 2.45) is 16.5 Å². The molecule has 1 fully saturated rings. The Morgan fingerprint density at radius 2 is 1.87 bits per heavy atom. The highest BCUT2D eigenvalue weighted by Crippen LogP contribution is 2.03. The number of hydrogen-bond donors (Lipinski definition) is 6. The minimum absolute atomic E-state index is 0.0794. The quantitative estimate of drug-likeness (QED) is 0.166. The van der Waals surface area contributed by atoms with Crippen molar-refractivity contribution in [3.8, 4) is 0 Å². The lowest BCUT2D eigenvalue weighted by Gasteiger charge is -2.19. The number of nitrogens with one attached hydrogen (secondary N) is 3. The largest absolute Gasteiger partial charge is 0.481 e. The molecule has 0 aromatic rings. The summed E-state index contributed by atoms with van der Waals surface area (Å²) in [6.45, 7) is -0.0635. The second-order valence-corrected chi connectivity index (χ2v) is 4.95. The Hall–Kier alpha value is -2.85. The summed E-state index contributed by atoms with van der Waals surface area (Å²) in [5.41, 5.74) is 10.4. The minimum Gasteiger partial charge on any atom is -0.481 e. The first kappa shape index (κ1) is 18.2. The number of aliphatic imine (C=N–C) groups is 1. The van der Waals surface area contributed by atoms with Gasteiger partial charge in [-0.15, -0.1) is 0 Å². The van der Waals surface area contributed by atoms with Crippen LogP contribution in [-0.4, -0.2) is 59.9 Å². The van der Waals surface area contributed by atoms with Crippen molar-refractivity contribution < 1.29 is 24.3 Å². The third kappa shape index (κ3) is 6.63. The molecular weight excluding hydrogens is 308 g/mol. The van der Waals surface area contributed by atoms with Gasteiger partial charge in [-0.2, -0.15) is 0 Å². The van der Waals surface area contributed by atoms with Crippen molar-refractivity contribution >= 4 is 29.7 Å². The van der Waals surface area contributed by atoms with Crippen LogP contribution >= 0.6 is 0 Å². The maximum atomic E-state index is 12.1. The first-order valence-corrected chi connectivity index (χ1v) is 6.94. The zero-order valence-corrected chi connectivity index (χ0v) is 12.4. The predicted octanol–water partition coefficient (Wildman–Crippen LogP) is -3.39. The molecule has 0 unspecified atom stereocenters. The van der Waals surface area contributed by atoms with Gasteiger partial charge in [-0.3, -0.25) is 24.2 Å². The second kappa shape index (κ2) is 8.56. The van der Waals surface area contributed by atoms with Crippen LogP contribution in [0.5, 0.6) is 0 Å². The molecule has 1 saturated heterocycles. The van der Waals surface area contributed by atoms with E-state index < -0.39 is 42.2 Å². The van der Waals surface area contributed by atoms with Crippen LogP contribution in [0, 0.1) is 0 Å². The van der Waals surface area contributed by atoms with Crippen molar-refractivity contribution in [3.63, 3.8) is 0 Å². The Labute approximate surface area is 131 Å². The van der Waals surface area contributed by atoms with Gasteiger partial charge >= 0.3 is 5.97 Å². The standard InChI is InChI=1S/C12H20N6O5/c13-12(14)15-3-1-2-6-10(22)16-5-8(19)17-7(4-9(20)21)11(23)18-6/h6-7H,1-5H2,(H,16,22)(H,17,19)(H,18,23)(H,20,21)(H4,13,14,15)/t6-,7+/m1/s1. The number of guanidine groups is 1. The number of carboxylic acid groups (broad SMARTS) is 1. The number of hydrogen-bond acceptors (Lipinski definition) is 5. The molecule has 23 heavy (non-hydrogen) atoms. The van der Waals surface area contributed by atoms with Crippen LogP contribution in [0.15, 0.2) is 4.99 Å². The number of amides is 3. The number of carbonyl (C=O) groups excluding carboxylic acids is 3. The molecule has 1 rings (SSSR count). The first-order valence-electron chi connectivity index (χ1n) is 6.94. The summed E-state index contributed by atoms with van der Waals surface area (Å²) in [5.74, 6) is -3.22. The normalized spacial score (nSPS) is 21.8. The van der Waals surface area contributed by atoms with E-state index >= 15 is 0 Å². The lowest BCUT2D eigenvalue weighted by atomic mass is 10.1. The molecule has 128 valence electrons. The topological polar surface area (TPSA) is 189 Å². The first-order chi connectivity index (χ1) is 10.8. The summed E-state index contributed by atoms with van der Waals surface area (Å²) in [5, 5.41) is 15.9. The number of nitrogens with zero attached hydrogens (tertiary/aromatic N) is 1. The smallest absolute Gasteiger partial charge is 0.305 e. The van der Waals surface area contributed by atoms with Crippen LogP contribution in [0.4, 0.5) is 0 Å². The average Bonchev–Trinajstić information content (AvgIpc) is 2.49. The fourth-order valence-electron chi connectivity index (χ4n) is 1.96. The molecule has 0 bridgehead atoms. The van der Waals surface area contributed by atoms with Gasteiger partial charge in [0.05, 0.1) is 13.0 Å². The fraction of sp³-hybridized carbons (Fsp3) is 0.583. The molecule has 0 spiro atoms. The van der Waals surface area contributed by atoms with Crippen LogP contribution in [0.2, 0.25) is 0 Å². The van der Waals surface area contributed by atoms with Crippen LogP contribution in [0.3, 0.4) is 0 Å². The highest BCUT2D eigenvalue weighted by Gasteiger charge is 2.30. The average molecular weight is 328 g/mol. The SMILES string of the molecule is NC(N)=NCCC[C@H]1NC(=O)[C@H](CC(=O)O)NC(=O)CNC1=O. The summed E-state index contributed by atoms with van der Waals surface area (Å²) in [6, 6.07) is -2.14. The van der Waals surface area contributed by atoms with Crippen molar-refractivity contribution in [3.05, 3.63) is 0 Å². The lowest BCUT2D eigenvalue weighted by Crippen LogP contribution is -2.51. The van der Waals surface area contributed by atoms with Crippen LogP contribution in [0.25, 0.3) is 0 Å². The lowest BCUT2D eigenvalue weighted by molar-refractivity contribution is -0.140. The van der Waals surface area contributed by atoms with Crippen molar-refractivity contribution in [1.29, 1.82) is 0 Å². The summed E-state index contributed by atoms with van der Waals surface area (Å²) in [7, 11) is 0. The highest BCUT2D eigenvalue weighted by atomic mass is 16.4. The predicted molar refractivity (Wildman–Crippen MR) is 79.0 cm³/mol. The molecule has 0 aromatic carbocycles. The Balaban J connectivity index is 2.75. The number of rotatable bonds is 6. The van der Waals surface area contributed by atoms with Crippen molar-refractivity contribution in [2.75, 3.05) is 13.1 Å². The van der Waals surface area contributed by atoms with Gasteiger partial charge in [0.25, 0.3) is 0 Å². The van der Waals surface area contributed by atoms with Gasteiger partial charge in [0.15, 0.2) is 5.96 Å². The molecule has 0 radical (unpaired) electrons. The van der Waals surface area contributed by atoms with E-state index in [0.29, 0.717) is 6.42 Å². The van der Waals surface area contributed by atoms with Gasteiger partial charge < -0.3 is 32.5 Å². The van der Waals surface area contributed by atoms with E-state index in [1.54, 1.807) is 0 Å². The van der Waals surface area contributed by atoms with E-state index in [9.17, 15) is 19.2 Å². The number of nitrogens with two attached hydrogens (primary N) is 2. The van der Waals surface area contributed by atoms with Gasteiger partial charge in [-0.25, -0.2) is 0 Å². The molecule has 0 saturated carbocycles. The van der Waals surface area contributed by atoms with E-state index in [2.05, 4.69) is 20.9 Å². The Bertz CT molecular complexity index is 516. The molecule has 1 aliphatic rings. The van der Waals surface area contributed by atoms with E-state index in [-0.39, 0.29) is 25.5 Å². The third-order valence-electron chi connectivity index (χ3n) is 3.03. The monoisotopic (exact) mass is 328 g/mol. The molecule has 0 aromatic heterocycles. The zero-order chi connectivity index (χ0) is 17.4. The van der Waals surface area contributed by atoms with Crippen molar-refractivity contribution in [1.82, 2.24) is 16.0 Å². The highest BCUT2D eigenvalue weighted by molar-refractivity contribution is 5.97. The number of carboxylic acids is 1. The van der Waals surface area contributed by atoms with Crippen molar-refractivity contribution in [2.45, 2.75) is 31.3 Å². The van der Waals surface area contributed by atoms with E-state index in [4.69, 9.17) is 16.6 Å². The zero-order valence-electron chi connectivity index (χ0n) is 12.4. The number of aliphatic carboxylic acids is 1. The molecule has 11 heteroatoms. The minimum atomic E-state index is -1.24. The molecule has 1 heterocycles. The molecule has 11 nitrogen and oxygen atoms in total. The molecule has 0 aliphatic carbocycles. The fourth-order valence-corrected chi connectivity index (χ4v) is 1.96. The second-order valence-electron chi connectivity index (χ2n) is 4.95. The van der Waals surface area contributed by atoms with Crippen LogP contribution in [0.1, 0.15) is 19.3 Å². The van der Waals surface area contributed by atoms with Gasteiger partial charge in [-0.1, -0.05) is 0 Å².